The van der Waals surface area contributed by atoms with Crippen LogP contribution in [0, 0.1) is 11.3 Å². The molecule has 3 aromatic rings. The zero-order valence-electron chi connectivity index (χ0n) is 13.4. The van der Waals surface area contributed by atoms with Gasteiger partial charge in [-0.25, -0.2) is 4.79 Å². The second-order valence-corrected chi connectivity index (χ2v) is 5.66. The van der Waals surface area contributed by atoms with Gasteiger partial charge in [0.2, 0.25) is 0 Å². The van der Waals surface area contributed by atoms with Gasteiger partial charge in [0.15, 0.2) is 0 Å². The maximum Gasteiger partial charge on any atom is 0.380 e. The van der Waals surface area contributed by atoms with E-state index in [0.717, 1.165) is 5.39 Å². The van der Waals surface area contributed by atoms with Gasteiger partial charge in [-0.3, -0.25) is 9.59 Å². The van der Waals surface area contributed by atoms with Crippen molar-refractivity contribution in [3.8, 4) is 6.07 Å². The number of nitriles is 1. The lowest BCUT2D eigenvalue weighted by Crippen LogP contribution is -2.33. The van der Waals surface area contributed by atoms with Gasteiger partial charge in [0, 0.05) is 10.9 Å². The van der Waals surface area contributed by atoms with Crippen LogP contribution in [0.15, 0.2) is 54.6 Å². The van der Waals surface area contributed by atoms with Crippen LogP contribution in [0.25, 0.3) is 10.9 Å². The van der Waals surface area contributed by atoms with Crippen LogP contribution in [0.4, 0.5) is 0 Å². The third-order valence-electron chi connectivity index (χ3n) is 4.18. The van der Waals surface area contributed by atoms with E-state index in [1.165, 1.54) is 16.7 Å². The van der Waals surface area contributed by atoms with Crippen molar-refractivity contribution in [2.75, 3.05) is 0 Å². The van der Waals surface area contributed by atoms with Gasteiger partial charge in [-0.1, -0.05) is 35.4 Å². The molecule has 0 unspecified atom stereocenters. The smallest absolute Gasteiger partial charge is 0.323 e. The molecule has 26 heavy (non-hydrogen) atoms. The highest BCUT2D eigenvalue weighted by Gasteiger charge is 2.39. The molecule has 1 aliphatic heterocycles. The molecule has 0 bridgehead atoms. The summed E-state index contributed by atoms with van der Waals surface area (Å²) in [7, 11) is 0. The van der Waals surface area contributed by atoms with Crippen molar-refractivity contribution >= 4 is 28.7 Å². The molecule has 0 aliphatic carbocycles. The van der Waals surface area contributed by atoms with Crippen molar-refractivity contribution in [1.82, 2.24) is 9.63 Å². The van der Waals surface area contributed by atoms with Crippen LogP contribution in [0.2, 0.25) is 0 Å². The highest BCUT2D eigenvalue weighted by Crippen LogP contribution is 2.25. The number of para-hydroxylation sites is 1. The first-order chi connectivity index (χ1) is 12.6. The zero-order chi connectivity index (χ0) is 18.3. The Kier molecular flexibility index (Phi) is 3.52. The maximum absolute atomic E-state index is 12.6. The van der Waals surface area contributed by atoms with E-state index in [1.54, 1.807) is 42.5 Å². The molecule has 0 saturated carbocycles. The third-order valence-corrected chi connectivity index (χ3v) is 4.18. The Balaban J connectivity index is 1.69. The highest BCUT2D eigenvalue weighted by atomic mass is 16.7. The average Bonchev–Trinajstić information content (AvgIpc) is 3.14. The molecule has 7 nitrogen and oxygen atoms in total. The van der Waals surface area contributed by atoms with E-state index in [1.807, 2.05) is 6.07 Å². The van der Waals surface area contributed by atoms with Crippen molar-refractivity contribution in [3.63, 3.8) is 0 Å². The number of hydroxylamine groups is 2. The van der Waals surface area contributed by atoms with E-state index < -0.39 is 17.8 Å². The molecule has 0 radical (unpaired) electrons. The molecule has 0 saturated heterocycles. The topological polar surface area (TPSA) is 92.4 Å². The van der Waals surface area contributed by atoms with Gasteiger partial charge in [-0.2, -0.15) is 5.26 Å². The Labute approximate surface area is 147 Å². The predicted octanol–water partition coefficient (Wildman–Crippen LogP) is 2.53. The molecule has 0 fully saturated rings. The number of amides is 2. The number of imide groups is 1. The van der Waals surface area contributed by atoms with Crippen LogP contribution >= 0.6 is 0 Å². The molecule has 0 spiro atoms. The molecule has 2 aromatic carbocycles. The minimum atomic E-state index is -0.883. The normalized spacial score (nSPS) is 13.0. The molecule has 2 heterocycles. The number of hydrogen-bond acceptors (Lipinski definition) is 5. The SMILES string of the molecule is N#CCn1c(C(=O)ON2C(=O)c3ccccc3C2=O)cc2ccccc21. The fraction of sp³-hybridized carbons (Fsp3) is 0.0526. The lowest BCUT2D eigenvalue weighted by Gasteiger charge is -2.13. The van der Waals surface area contributed by atoms with E-state index in [0.29, 0.717) is 10.6 Å². The van der Waals surface area contributed by atoms with Gasteiger partial charge in [0.1, 0.15) is 12.2 Å². The fourth-order valence-corrected chi connectivity index (χ4v) is 3.00. The molecule has 2 amide bonds. The van der Waals surface area contributed by atoms with Gasteiger partial charge in [-0.05, 0) is 24.3 Å². The summed E-state index contributed by atoms with van der Waals surface area (Å²) in [6.45, 7) is -0.0694. The van der Waals surface area contributed by atoms with Crippen LogP contribution in [-0.2, 0) is 11.4 Å². The van der Waals surface area contributed by atoms with Crippen molar-refractivity contribution in [1.29, 1.82) is 5.26 Å². The maximum atomic E-state index is 12.6. The van der Waals surface area contributed by atoms with E-state index >= 15 is 0 Å². The van der Waals surface area contributed by atoms with Crippen LogP contribution in [0.1, 0.15) is 31.2 Å². The number of hydrogen-bond donors (Lipinski definition) is 0. The molecule has 1 aromatic heterocycles. The van der Waals surface area contributed by atoms with Crippen molar-refractivity contribution in [3.05, 3.63) is 71.4 Å². The van der Waals surface area contributed by atoms with Crippen LogP contribution in [0.3, 0.4) is 0 Å². The number of aromatic nitrogens is 1. The Morgan fingerprint density at radius 2 is 1.62 bits per heavy atom. The largest absolute Gasteiger partial charge is 0.380 e. The van der Waals surface area contributed by atoms with Crippen LogP contribution in [-0.4, -0.2) is 27.4 Å². The van der Waals surface area contributed by atoms with Gasteiger partial charge in [-0.15, -0.1) is 0 Å². The van der Waals surface area contributed by atoms with Gasteiger partial charge in [0.25, 0.3) is 11.8 Å². The summed E-state index contributed by atoms with van der Waals surface area (Å²) in [4.78, 5) is 42.3. The summed E-state index contributed by atoms with van der Waals surface area (Å²) in [5, 5.41) is 10.3. The number of nitrogens with zero attached hydrogens (tertiary/aromatic N) is 3. The van der Waals surface area contributed by atoms with Crippen LogP contribution < -0.4 is 0 Å². The fourth-order valence-electron chi connectivity index (χ4n) is 3.00. The summed E-state index contributed by atoms with van der Waals surface area (Å²) >= 11 is 0. The summed E-state index contributed by atoms with van der Waals surface area (Å²) in [6, 6.07) is 16.9. The van der Waals surface area contributed by atoms with E-state index in [2.05, 4.69) is 0 Å². The molecule has 0 atom stereocenters. The van der Waals surface area contributed by atoms with Crippen molar-refractivity contribution < 1.29 is 19.2 Å². The molecule has 4 rings (SSSR count). The average molecular weight is 345 g/mol. The van der Waals surface area contributed by atoms with Crippen LogP contribution in [0.5, 0.6) is 0 Å². The molecule has 126 valence electrons. The summed E-state index contributed by atoms with van der Waals surface area (Å²) in [6.07, 6.45) is 0. The first-order valence-electron chi connectivity index (χ1n) is 7.77. The second-order valence-electron chi connectivity index (χ2n) is 5.66. The van der Waals surface area contributed by atoms with Gasteiger partial charge >= 0.3 is 5.97 Å². The van der Waals surface area contributed by atoms with E-state index in [4.69, 9.17) is 10.1 Å². The Morgan fingerprint density at radius 1 is 1.00 bits per heavy atom. The minimum absolute atomic E-state index is 0.0694. The summed E-state index contributed by atoms with van der Waals surface area (Å²) in [5.74, 6) is -2.27. The van der Waals surface area contributed by atoms with Gasteiger partial charge in [0.05, 0.1) is 17.2 Å². The highest BCUT2D eigenvalue weighted by molar-refractivity contribution is 6.21. The number of benzene rings is 2. The first-order valence-corrected chi connectivity index (χ1v) is 7.77. The lowest BCUT2D eigenvalue weighted by atomic mass is 10.1. The zero-order valence-corrected chi connectivity index (χ0v) is 13.4. The van der Waals surface area contributed by atoms with Crippen molar-refractivity contribution in [2.24, 2.45) is 0 Å². The number of carbonyl (C=O) groups is 3. The van der Waals surface area contributed by atoms with Crippen molar-refractivity contribution in [2.45, 2.75) is 6.54 Å². The minimum Gasteiger partial charge on any atom is -0.323 e. The second kappa shape index (κ2) is 5.86. The molecule has 1 aliphatic rings. The third kappa shape index (κ3) is 2.24. The number of carbonyl (C=O) groups excluding carboxylic acids is 3. The summed E-state index contributed by atoms with van der Waals surface area (Å²) in [5.41, 5.74) is 1.14. The Morgan fingerprint density at radius 3 is 2.27 bits per heavy atom. The lowest BCUT2D eigenvalue weighted by molar-refractivity contribution is -0.0590. The quantitative estimate of drug-likeness (QED) is 0.680. The molecule has 7 heteroatoms. The van der Waals surface area contributed by atoms with Gasteiger partial charge < -0.3 is 9.40 Å². The van der Waals surface area contributed by atoms with E-state index in [9.17, 15) is 14.4 Å². The molecule has 0 N–H and O–H groups in total. The summed E-state index contributed by atoms with van der Waals surface area (Å²) < 4.78 is 1.48. The standard InChI is InChI=1S/C19H11N3O4/c20-9-10-21-15-8-4-1-5-12(15)11-16(21)19(25)26-22-17(23)13-6-2-3-7-14(13)18(22)24/h1-8,11H,10H2. The molecular weight excluding hydrogens is 334 g/mol. The first kappa shape index (κ1) is 15.6. The Hall–Kier alpha value is -3.92. The predicted molar refractivity (Wildman–Crippen MR) is 89.9 cm³/mol. The monoisotopic (exact) mass is 345 g/mol. The number of fused-ring (bicyclic) bond motifs is 2. The number of rotatable bonds is 3. The Bertz CT molecular complexity index is 1090. The van der Waals surface area contributed by atoms with E-state index in [-0.39, 0.29) is 23.4 Å². The molecular formula is C19H11N3O4.